The van der Waals surface area contributed by atoms with Crippen molar-refractivity contribution in [1.29, 1.82) is 0 Å². The molecule has 1 N–H and O–H groups in total. The third-order valence-corrected chi connectivity index (χ3v) is 3.49. The minimum Gasteiger partial charge on any atom is -0.492 e. The largest absolute Gasteiger partial charge is 0.492 e. The number of carboxylic acid groups (broad SMARTS) is 1. The summed E-state index contributed by atoms with van der Waals surface area (Å²) in [7, 11) is 0. The second-order valence-electron chi connectivity index (χ2n) is 5.40. The fourth-order valence-electron chi connectivity index (χ4n) is 2.45. The molecule has 1 aromatic carbocycles. The van der Waals surface area contributed by atoms with E-state index in [1.54, 1.807) is 12.1 Å². The van der Waals surface area contributed by atoms with Crippen molar-refractivity contribution in [1.82, 2.24) is 4.90 Å². The molecular formula is C16H23NO4. The first kappa shape index (κ1) is 15.8. The number of rotatable bonds is 6. The van der Waals surface area contributed by atoms with Gasteiger partial charge in [-0.05, 0) is 31.0 Å². The number of hydrogen-bond acceptors (Lipinski definition) is 4. The van der Waals surface area contributed by atoms with E-state index in [-0.39, 0.29) is 12.5 Å². The van der Waals surface area contributed by atoms with Crippen molar-refractivity contribution in [3.05, 3.63) is 29.8 Å². The van der Waals surface area contributed by atoms with E-state index < -0.39 is 5.97 Å². The summed E-state index contributed by atoms with van der Waals surface area (Å²) in [5.41, 5.74) is 0.786. The van der Waals surface area contributed by atoms with E-state index in [1.165, 1.54) is 0 Å². The van der Waals surface area contributed by atoms with Crippen LogP contribution in [0.2, 0.25) is 0 Å². The van der Waals surface area contributed by atoms with Crippen LogP contribution in [0, 0.1) is 0 Å². The number of benzene rings is 1. The zero-order chi connectivity index (χ0) is 15.1. The van der Waals surface area contributed by atoms with E-state index in [1.807, 2.05) is 12.1 Å². The maximum Gasteiger partial charge on any atom is 0.307 e. The Balaban J connectivity index is 1.73. The highest BCUT2D eigenvalue weighted by Crippen LogP contribution is 2.13. The Hall–Kier alpha value is -1.59. The molecule has 1 fully saturated rings. The Morgan fingerprint density at radius 2 is 2.19 bits per heavy atom. The van der Waals surface area contributed by atoms with Crippen molar-refractivity contribution in [2.24, 2.45) is 0 Å². The average Bonchev–Trinajstić information content (AvgIpc) is 2.64. The van der Waals surface area contributed by atoms with E-state index >= 15 is 0 Å². The quantitative estimate of drug-likeness (QED) is 0.866. The van der Waals surface area contributed by atoms with Crippen molar-refractivity contribution in [2.45, 2.75) is 25.9 Å². The number of hydrogen-bond donors (Lipinski definition) is 1. The van der Waals surface area contributed by atoms with Gasteiger partial charge in [-0.25, -0.2) is 0 Å². The lowest BCUT2D eigenvalue weighted by Gasteiger charge is -2.21. The molecular weight excluding hydrogens is 270 g/mol. The van der Waals surface area contributed by atoms with Crippen LogP contribution in [0.25, 0.3) is 0 Å². The molecule has 1 saturated heterocycles. The van der Waals surface area contributed by atoms with Crippen LogP contribution in [0.1, 0.15) is 18.9 Å². The van der Waals surface area contributed by atoms with Crippen molar-refractivity contribution in [3.63, 3.8) is 0 Å². The normalized spacial score (nSPS) is 20.0. The molecule has 5 nitrogen and oxygen atoms in total. The lowest BCUT2D eigenvalue weighted by molar-refractivity contribution is -0.136. The molecule has 1 aliphatic rings. The molecule has 0 amide bonds. The Morgan fingerprint density at radius 3 is 2.90 bits per heavy atom. The van der Waals surface area contributed by atoms with E-state index in [4.69, 9.17) is 14.6 Å². The van der Waals surface area contributed by atoms with Crippen LogP contribution < -0.4 is 4.74 Å². The molecule has 0 radical (unpaired) electrons. The Bertz CT molecular complexity index is 446. The smallest absolute Gasteiger partial charge is 0.307 e. The topological polar surface area (TPSA) is 59.0 Å². The molecule has 116 valence electrons. The Labute approximate surface area is 125 Å². The number of ether oxygens (including phenoxy) is 2. The van der Waals surface area contributed by atoms with Crippen LogP contribution in [0.4, 0.5) is 0 Å². The molecule has 1 atom stereocenters. The summed E-state index contributed by atoms with van der Waals surface area (Å²) in [5, 5.41) is 8.72. The van der Waals surface area contributed by atoms with Gasteiger partial charge in [0.05, 0.1) is 12.5 Å². The highest BCUT2D eigenvalue weighted by atomic mass is 16.5. The van der Waals surface area contributed by atoms with Gasteiger partial charge in [0.2, 0.25) is 0 Å². The molecule has 1 unspecified atom stereocenters. The van der Waals surface area contributed by atoms with Crippen molar-refractivity contribution < 1.29 is 19.4 Å². The fraction of sp³-hybridized carbons (Fsp3) is 0.562. The van der Waals surface area contributed by atoms with Gasteiger partial charge in [-0.15, -0.1) is 0 Å². The highest BCUT2D eigenvalue weighted by Gasteiger charge is 2.14. The monoisotopic (exact) mass is 293 g/mol. The summed E-state index contributed by atoms with van der Waals surface area (Å²) in [6.45, 7) is 6.44. The van der Waals surface area contributed by atoms with Crippen molar-refractivity contribution in [2.75, 3.05) is 32.8 Å². The lowest BCUT2D eigenvalue weighted by atomic mass is 10.1. The fourth-order valence-corrected chi connectivity index (χ4v) is 2.45. The molecule has 21 heavy (non-hydrogen) atoms. The predicted molar refractivity (Wildman–Crippen MR) is 79.7 cm³/mol. The average molecular weight is 293 g/mol. The van der Waals surface area contributed by atoms with E-state index in [0.717, 1.165) is 44.0 Å². The molecule has 0 aromatic heterocycles. The predicted octanol–water partition coefficient (Wildman–Crippen LogP) is 1.80. The zero-order valence-corrected chi connectivity index (χ0v) is 12.5. The van der Waals surface area contributed by atoms with Gasteiger partial charge < -0.3 is 14.6 Å². The van der Waals surface area contributed by atoms with E-state index in [0.29, 0.717) is 6.61 Å². The van der Waals surface area contributed by atoms with Crippen LogP contribution in [-0.4, -0.2) is 54.9 Å². The molecule has 2 rings (SSSR count). The summed E-state index contributed by atoms with van der Waals surface area (Å²) in [6.07, 6.45) is 1.39. The molecule has 0 spiro atoms. The van der Waals surface area contributed by atoms with Crippen molar-refractivity contribution in [3.8, 4) is 5.75 Å². The SMILES string of the molecule is CC1CN(CCOc2ccc(CC(=O)O)cc2)CCCO1. The number of carboxylic acids is 1. The second-order valence-corrected chi connectivity index (χ2v) is 5.40. The van der Waals surface area contributed by atoms with E-state index in [9.17, 15) is 4.79 Å². The van der Waals surface area contributed by atoms with Crippen LogP contribution in [0.5, 0.6) is 5.75 Å². The Kier molecular flexibility index (Phi) is 6.02. The molecule has 5 heteroatoms. The first-order valence-corrected chi connectivity index (χ1v) is 7.41. The lowest BCUT2D eigenvalue weighted by Crippen LogP contribution is -2.33. The van der Waals surface area contributed by atoms with Crippen molar-refractivity contribution >= 4 is 5.97 Å². The van der Waals surface area contributed by atoms with Crippen LogP contribution in [-0.2, 0) is 16.0 Å². The van der Waals surface area contributed by atoms with Gasteiger partial charge in [0.15, 0.2) is 0 Å². The van der Waals surface area contributed by atoms with Gasteiger partial charge in [-0.3, -0.25) is 9.69 Å². The maximum absolute atomic E-state index is 10.6. The minimum atomic E-state index is -0.818. The first-order chi connectivity index (χ1) is 10.1. The van der Waals surface area contributed by atoms with Gasteiger partial charge in [0.25, 0.3) is 0 Å². The van der Waals surface area contributed by atoms with Gasteiger partial charge in [0.1, 0.15) is 12.4 Å². The molecule has 1 heterocycles. The Morgan fingerprint density at radius 1 is 1.43 bits per heavy atom. The molecule has 0 saturated carbocycles. The van der Waals surface area contributed by atoms with Gasteiger partial charge in [-0.2, -0.15) is 0 Å². The summed E-state index contributed by atoms with van der Waals surface area (Å²) in [4.78, 5) is 13.0. The number of carbonyl (C=O) groups is 1. The standard InChI is InChI=1S/C16H23NO4/c1-13-12-17(7-2-9-20-13)8-10-21-15-5-3-14(4-6-15)11-16(18)19/h3-6,13H,2,7-12H2,1H3,(H,18,19). The summed E-state index contributed by atoms with van der Waals surface area (Å²) >= 11 is 0. The first-order valence-electron chi connectivity index (χ1n) is 7.41. The number of aliphatic carboxylic acids is 1. The second kappa shape index (κ2) is 8.00. The van der Waals surface area contributed by atoms with Crippen LogP contribution in [0.3, 0.4) is 0 Å². The maximum atomic E-state index is 10.6. The third kappa shape index (κ3) is 5.73. The summed E-state index contributed by atoms with van der Waals surface area (Å²) in [6, 6.07) is 7.25. The van der Waals surface area contributed by atoms with Crippen LogP contribution in [0.15, 0.2) is 24.3 Å². The molecule has 1 aliphatic heterocycles. The third-order valence-electron chi connectivity index (χ3n) is 3.49. The molecule has 1 aromatic rings. The van der Waals surface area contributed by atoms with Gasteiger partial charge >= 0.3 is 5.97 Å². The molecule has 0 bridgehead atoms. The van der Waals surface area contributed by atoms with Gasteiger partial charge in [0, 0.05) is 26.2 Å². The van der Waals surface area contributed by atoms with Gasteiger partial charge in [-0.1, -0.05) is 12.1 Å². The highest BCUT2D eigenvalue weighted by molar-refractivity contribution is 5.70. The summed E-state index contributed by atoms with van der Waals surface area (Å²) in [5.74, 6) is -0.0376. The molecule has 0 aliphatic carbocycles. The number of nitrogens with zero attached hydrogens (tertiary/aromatic N) is 1. The summed E-state index contributed by atoms with van der Waals surface area (Å²) < 4.78 is 11.3. The van der Waals surface area contributed by atoms with E-state index in [2.05, 4.69) is 11.8 Å². The van der Waals surface area contributed by atoms with Crippen LogP contribution >= 0.6 is 0 Å². The minimum absolute atomic E-state index is 0.0476. The zero-order valence-electron chi connectivity index (χ0n) is 12.5.